The first-order valence-corrected chi connectivity index (χ1v) is 13.5. The Bertz CT molecular complexity index is 1660. The molecule has 39 heavy (non-hydrogen) atoms. The summed E-state index contributed by atoms with van der Waals surface area (Å²) in [5, 5.41) is 10.3. The van der Waals surface area contributed by atoms with Crippen molar-refractivity contribution in [3.8, 4) is 11.8 Å². The first kappa shape index (κ1) is 25.0. The van der Waals surface area contributed by atoms with Crippen molar-refractivity contribution >= 4 is 22.5 Å². The lowest BCUT2D eigenvalue weighted by molar-refractivity contribution is 0.306. The van der Waals surface area contributed by atoms with Crippen molar-refractivity contribution in [3.05, 3.63) is 107 Å². The van der Waals surface area contributed by atoms with Gasteiger partial charge in [-0.05, 0) is 68.4 Å². The molecule has 196 valence electrons. The highest BCUT2D eigenvalue weighted by Crippen LogP contribution is 2.36. The van der Waals surface area contributed by atoms with Crippen molar-refractivity contribution in [3.63, 3.8) is 0 Å². The molecule has 1 saturated heterocycles. The van der Waals surface area contributed by atoms with Crippen molar-refractivity contribution in [1.29, 1.82) is 5.26 Å². The van der Waals surface area contributed by atoms with Gasteiger partial charge in [-0.1, -0.05) is 54.6 Å². The highest BCUT2D eigenvalue weighted by Gasteiger charge is 2.30. The minimum atomic E-state index is 0.486. The normalized spacial score (nSPS) is 15.4. The Hall–Kier alpha value is -4.34. The number of imidazole rings is 1. The summed E-state index contributed by atoms with van der Waals surface area (Å²) in [5.74, 6) is 2.01. The van der Waals surface area contributed by atoms with Gasteiger partial charge in [0.25, 0.3) is 0 Å². The van der Waals surface area contributed by atoms with Crippen LogP contribution in [0.4, 0.5) is 5.82 Å². The van der Waals surface area contributed by atoms with Crippen LogP contribution in [0.2, 0.25) is 0 Å². The molecule has 6 nitrogen and oxygen atoms in total. The van der Waals surface area contributed by atoms with Crippen molar-refractivity contribution in [2.24, 2.45) is 0 Å². The number of fused-ring (bicyclic) bond motifs is 3. The summed E-state index contributed by atoms with van der Waals surface area (Å²) in [5.41, 5.74) is 7.86. The van der Waals surface area contributed by atoms with Gasteiger partial charge in [0.05, 0.1) is 16.6 Å². The molecule has 6 heteroatoms. The standard InChI is InChI=1S/C33H33N5O/c1-23-28(19-24-13-15-27(16-14-24)39-22-25-9-5-4-6-10-25)33(37-18-17-26(21-37)36(2)3)38-31-12-8-7-11-30(31)35-32(38)29(23)20-34/h4-16,26H,17-19,21-22H2,1-3H3/t26-/m0/s1. The molecule has 0 bridgehead atoms. The van der Waals surface area contributed by atoms with Gasteiger partial charge < -0.3 is 14.5 Å². The van der Waals surface area contributed by atoms with E-state index in [1.807, 2.05) is 48.5 Å². The monoisotopic (exact) mass is 515 g/mol. The fourth-order valence-electron chi connectivity index (χ4n) is 5.71. The smallest absolute Gasteiger partial charge is 0.157 e. The van der Waals surface area contributed by atoms with E-state index >= 15 is 0 Å². The number of aromatic nitrogens is 2. The molecule has 0 N–H and O–H groups in total. The average Bonchev–Trinajstić information content (AvgIpc) is 3.60. The van der Waals surface area contributed by atoms with Crippen LogP contribution in [0.15, 0.2) is 78.9 Å². The van der Waals surface area contributed by atoms with Gasteiger partial charge in [-0.25, -0.2) is 4.98 Å². The molecule has 0 spiro atoms. The molecular weight excluding hydrogens is 482 g/mol. The van der Waals surface area contributed by atoms with Gasteiger partial charge in [0, 0.05) is 31.1 Å². The number of anilines is 1. The van der Waals surface area contributed by atoms with Crippen LogP contribution in [-0.4, -0.2) is 47.5 Å². The van der Waals surface area contributed by atoms with Crippen LogP contribution in [0.25, 0.3) is 16.7 Å². The van der Waals surface area contributed by atoms with Gasteiger partial charge in [0.15, 0.2) is 5.65 Å². The number of likely N-dealkylation sites (N-methyl/N-ethyl adjacent to an activating group) is 1. The molecule has 0 amide bonds. The van der Waals surface area contributed by atoms with Gasteiger partial charge in [-0.3, -0.25) is 4.40 Å². The molecular formula is C33H33N5O. The number of benzene rings is 3. The Kier molecular flexibility index (Phi) is 6.68. The zero-order valence-electron chi connectivity index (χ0n) is 22.8. The molecule has 3 heterocycles. The third-order valence-electron chi connectivity index (χ3n) is 7.95. The van der Waals surface area contributed by atoms with E-state index in [-0.39, 0.29) is 0 Å². The Morgan fingerprint density at radius 1 is 0.974 bits per heavy atom. The maximum atomic E-state index is 10.3. The van der Waals surface area contributed by atoms with Gasteiger partial charge in [-0.15, -0.1) is 0 Å². The zero-order chi connectivity index (χ0) is 26.9. The quantitative estimate of drug-likeness (QED) is 0.267. The predicted octanol–water partition coefficient (Wildman–Crippen LogP) is 5.98. The highest BCUT2D eigenvalue weighted by atomic mass is 16.5. The first-order chi connectivity index (χ1) is 19.0. The summed E-state index contributed by atoms with van der Waals surface area (Å²) in [6, 6.07) is 29.7. The summed E-state index contributed by atoms with van der Waals surface area (Å²) in [6.07, 6.45) is 1.83. The fraction of sp³-hybridized carbons (Fsp3) is 0.273. The van der Waals surface area contributed by atoms with Crippen LogP contribution in [0, 0.1) is 18.3 Å². The summed E-state index contributed by atoms with van der Waals surface area (Å²) >= 11 is 0. The summed E-state index contributed by atoms with van der Waals surface area (Å²) in [4.78, 5) is 9.73. The number of para-hydroxylation sites is 2. The summed E-state index contributed by atoms with van der Waals surface area (Å²) < 4.78 is 8.25. The van der Waals surface area contributed by atoms with Crippen molar-refractivity contribution in [2.45, 2.75) is 32.4 Å². The van der Waals surface area contributed by atoms with Gasteiger partial charge in [0.2, 0.25) is 0 Å². The summed E-state index contributed by atoms with van der Waals surface area (Å²) in [6.45, 7) is 4.53. The number of hydrogen-bond acceptors (Lipinski definition) is 5. The van der Waals surface area contributed by atoms with E-state index in [1.54, 1.807) is 0 Å². The largest absolute Gasteiger partial charge is 0.489 e. The maximum Gasteiger partial charge on any atom is 0.157 e. The number of hydrogen-bond donors (Lipinski definition) is 0. The van der Waals surface area contributed by atoms with Crippen LogP contribution in [0.3, 0.4) is 0 Å². The van der Waals surface area contributed by atoms with Gasteiger partial charge in [0.1, 0.15) is 24.2 Å². The lowest BCUT2D eigenvalue weighted by Gasteiger charge is -2.27. The number of pyridine rings is 1. The summed E-state index contributed by atoms with van der Waals surface area (Å²) in [7, 11) is 4.31. The van der Waals surface area contributed by atoms with E-state index in [1.165, 1.54) is 11.1 Å². The fourth-order valence-corrected chi connectivity index (χ4v) is 5.71. The molecule has 0 saturated carbocycles. The minimum Gasteiger partial charge on any atom is -0.489 e. The molecule has 5 aromatic rings. The Morgan fingerprint density at radius 3 is 2.44 bits per heavy atom. The van der Waals surface area contributed by atoms with Crippen LogP contribution in [0.1, 0.15) is 34.2 Å². The molecule has 0 unspecified atom stereocenters. The predicted molar refractivity (Wildman–Crippen MR) is 156 cm³/mol. The number of nitriles is 1. The molecule has 2 aromatic heterocycles. The third kappa shape index (κ3) is 4.71. The molecule has 3 aromatic carbocycles. The topological polar surface area (TPSA) is 56.8 Å². The highest BCUT2D eigenvalue weighted by molar-refractivity contribution is 5.86. The van der Waals surface area contributed by atoms with Crippen molar-refractivity contribution in [1.82, 2.24) is 14.3 Å². The van der Waals surface area contributed by atoms with Crippen LogP contribution in [0.5, 0.6) is 5.75 Å². The van der Waals surface area contributed by atoms with E-state index in [0.29, 0.717) is 18.2 Å². The lowest BCUT2D eigenvalue weighted by atomic mass is 9.97. The van der Waals surface area contributed by atoms with Crippen molar-refractivity contribution in [2.75, 3.05) is 32.1 Å². The van der Waals surface area contributed by atoms with Gasteiger partial charge in [-0.2, -0.15) is 5.26 Å². The van der Waals surface area contributed by atoms with E-state index in [2.05, 4.69) is 71.6 Å². The third-order valence-corrected chi connectivity index (χ3v) is 7.95. The Morgan fingerprint density at radius 2 is 1.72 bits per heavy atom. The van der Waals surface area contributed by atoms with Crippen LogP contribution < -0.4 is 9.64 Å². The number of nitrogens with zero attached hydrogens (tertiary/aromatic N) is 5. The second-order valence-corrected chi connectivity index (χ2v) is 10.6. The van der Waals surface area contributed by atoms with E-state index in [4.69, 9.17) is 9.72 Å². The van der Waals surface area contributed by atoms with Crippen LogP contribution >= 0.6 is 0 Å². The Labute approximate surface area is 229 Å². The maximum absolute atomic E-state index is 10.3. The molecule has 1 atom stereocenters. The van der Waals surface area contributed by atoms with Crippen LogP contribution in [-0.2, 0) is 13.0 Å². The molecule has 1 aliphatic heterocycles. The lowest BCUT2D eigenvalue weighted by Crippen LogP contribution is -2.32. The molecule has 6 rings (SSSR count). The molecule has 0 radical (unpaired) electrons. The van der Waals surface area contributed by atoms with E-state index < -0.39 is 0 Å². The van der Waals surface area contributed by atoms with E-state index in [0.717, 1.165) is 65.3 Å². The number of rotatable bonds is 7. The second kappa shape index (κ2) is 10.4. The molecule has 1 fully saturated rings. The SMILES string of the molecule is Cc1c(Cc2ccc(OCc3ccccc3)cc2)c(N2CC[C@H](N(C)C)C2)n2c(nc3ccccc32)c1C#N. The van der Waals surface area contributed by atoms with E-state index in [9.17, 15) is 5.26 Å². The molecule has 1 aliphatic rings. The Balaban J connectivity index is 1.41. The average molecular weight is 516 g/mol. The van der Waals surface area contributed by atoms with Gasteiger partial charge >= 0.3 is 0 Å². The van der Waals surface area contributed by atoms with Crippen molar-refractivity contribution < 1.29 is 4.74 Å². The molecule has 0 aliphatic carbocycles. The minimum absolute atomic E-state index is 0.486. The second-order valence-electron chi connectivity index (χ2n) is 10.6. The zero-order valence-corrected chi connectivity index (χ0v) is 22.8. The first-order valence-electron chi connectivity index (χ1n) is 13.5. The number of ether oxygens (including phenoxy) is 1.